The number of rotatable bonds is 10. The number of carbonyl (C=O) groups is 5. The van der Waals surface area contributed by atoms with Crippen molar-refractivity contribution in [1.29, 1.82) is 0 Å². The highest BCUT2D eigenvalue weighted by Gasteiger charge is 2.23. The zero-order valence-corrected chi connectivity index (χ0v) is 23.9. The Balaban J connectivity index is 3.22. The summed E-state index contributed by atoms with van der Waals surface area (Å²) in [5, 5.41) is 5.54. The lowest BCUT2D eigenvalue weighted by Gasteiger charge is -2.20. The second kappa shape index (κ2) is 14.1. The van der Waals surface area contributed by atoms with E-state index in [2.05, 4.69) is 10.6 Å². The minimum Gasteiger partial charge on any atom is -0.465 e. The van der Waals surface area contributed by atoms with Crippen molar-refractivity contribution >= 4 is 109 Å². The van der Waals surface area contributed by atoms with Gasteiger partial charge in [0.15, 0.2) is 0 Å². The van der Waals surface area contributed by atoms with E-state index in [1.165, 1.54) is 20.8 Å². The highest BCUT2D eigenvalue weighted by Crippen LogP contribution is 2.39. The highest BCUT2D eigenvalue weighted by molar-refractivity contribution is 14.1. The first-order valence-corrected chi connectivity index (χ1v) is 12.4. The minimum absolute atomic E-state index is 0.0545. The first kappa shape index (κ1) is 28.8. The van der Waals surface area contributed by atoms with Crippen LogP contribution in [0.5, 0.6) is 0 Å². The van der Waals surface area contributed by atoms with E-state index in [4.69, 9.17) is 14.2 Å². The van der Waals surface area contributed by atoms with Crippen LogP contribution >= 0.6 is 67.8 Å². The molecular weight excluding hydrogens is 765 g/mol. The smallest absolute Gasteiger partial charge is 0.302 e. The van der Waals surface area contributed by atoms with Crippen LogP contribution in [-0.2, 0) is 44.8 Å². The van der Waals surface area contributed by atoms with Crippen molar-refractivity contribution in [1.82, 2.24) is 0 Å². The van der Waals surface area contributed by atoms with Gasteiger partial charge in [0.05, 0.1) is 27.8 Å². The molecule has 0 unspecified atom stereocenters. The van der Waals surface area contributed by atoms with Gasteiger partial charge in [-0.3, -0.25) is 24.0 Å². The summed E-state index contributed by atoms with van der Waals surface area (Å²) >= 11 is 6.06. The van der Waals surface area contributed by atoms with Gasteiger partial charge in [-0.05, 0) is 67.8 Å². The predicted octanol–water partition coefficient (Wildman–Crippen LogP) is 3.35. The summed E-state index contributed by atoms with van der Waals surface area (Å²) in [5.74, 6) is -2.24. The van der Waals surface area contributed by atoms with E-state index in [0.29, 0.717) is 27.6 Å². The molecule has 2 amide bonds. The topological polar surface area (TPSA) is 137 Å². The Kier molecular flexibility index (Phi) is 12.7. The minimum atomic E-state index is -0.487. The number of nitrogens with one attached hydrogen (secondary N) is 2. The summed E-state index contributed by atoms with van der Waals surface area (Å²) in [7, 11) is 0. The molecule has 13 heteroatoms. The fourth-order valence-electron chi connectivity index (χ4n) is 2.21. The molecule has 0 saturated heterocycles. The Bertz CT molecular complexity index is 859. The van der Waals surface area contributed by atoms with Gasteiger partial charge in [-0.2, -0.15) is 0 Å². The Morgan fingerprint density at radius 3 is 1.38 bits per heavy atom. The standard InChI is InChI=1S/C19H21I3N2O8/c1-9(25)30-6-4-13(28)23-18-15(20)12(8-32-11(3)27)16(21)19(17(18)22)24-14(29)5-7-31-10(2)26/h4-8H2,1-3H3,(H,23,28)(H,24,29). The van der Waals surface area contributed by atoms with Crippen molar-refractivity contribution in [2.24, 2.45) is 0 Å². The monoisotopic (exact) mass is 786 g/mol. The maximum Gasteiger partial charge on any atom is 0.302 e. The Hall–Kier alpha value is -1.24. The molecule has 0 aliphatic rings. The van der Waals surface area contributed by atoms with Crippen LogP contribution in [0.3, 0.4) is 0 Å². The first-order chi connectivity index (χ1) is 14.9. The number of anilines is 2. The van der Waals surface area contributed by atoms with Crippen LogP contribution in [0.15, 0.2) is 0 Å². The van der Waals surface area contributed by atoms with Gasteiger partial charge in [-0.1, -0.05) is 0 Å². The molecule has 2 N–H and O–H groups in total. The number of ether oxygens (including phenoxy) is 3. The maximum absolute atomic E-state index is 12.4. The molecule has 0 aromatic heterocycles. The third kappa shape index (κ3) is 9.72. The lowest BCUT2D eigenvalue weighted by atomic mass is 10.1. The zero-order valence-electron chi connectivity index (χ0n) is 17.4. The van der Waals surface area contributed by atoms with E-state index in [-0.39, 0.29) is 32.7 Å². The summed E-state index contributed by atoms with van der Waals surface area (Å²) in [5.41, 5.74) is 1.46. The SMILES string of the molecule is CC(=O)OCCC(=O)Nc1c(I)c(COC(C)=O)c(I)c(NC(=O)CCOC(C)=O)c1I. The molecule has 32 heavy (non-hydrogen) atoms. The second-order valence-corrected chi connectivity index (χ2v) is 9.46. The normalized spacial score (nSPS) is 10.2. The average molecular weight is 786 g/mol. The zero-order chi connectivity index (χ0) is 24.4. The lowest BCUT2D eigenvalue weighted by molar-refractivity contribution is -0.143. The van der Waals surface area contributed by atoms with Crippen LogP contribution in [0.2, 0.25) is 0 Å². The summed E-state index contributed by atoms with van der Waals surface area (Å²) < 4.78 is 16.6. The van der Waals surface area contributed by atoms with Gasteiger partial charge >= 0.3 is 17.9 Å². The van der Waals surface area contributed by atoms with Crippen LogP contribution in [0.25, 0.3) is 0 Å². The quantitative estimate of drug-likeness (QED) is 0.210. The molecule has 0 atom stereocenters. The molecule has 0 heterocycles. The summed E-state index contributed by atoms with van der Waals surface area (Å²) in [6.45, 7) is 3.58. The van der Waals surface area contributed by atoms with Crippen molar-refractivity contribution in [2.75, 3.05) is 23.8 Å². The lowest BCUT2D eigenvalue weighted by Crippen LogP contribution is -2.21. The fourth-order valence-corrected chi connectivity index (χ4v) is 6.23. The maximum atomic E-state index is 12.4. The van der Waals surface area contributed by atoms with Crippen molar-refractivity contribution in [3.63, 3.8) is 0 Å². The van der Waals surface area contributed by atoms with Gasteiger partial charge in [-0.25, -0.2) is 0 Å². The van der Waals surface area contributed by atoms with Gasteiger partial charge in [0, 0.05) is 33.5 Å². The molecule has 0 fully saturated rings. The molecule has 0 saturated carbocycles. The van der Waals surface area contributed by atoms with E-state index in [9.17, 15) is 24.0 Å². The Labute approximate surface area is 225 Å². The van der Waals surface area contributed by atoms with Crippen LogP contribution in [0, 0.1) is 10.7 Å². The molecule has 0 bridgehead atoms. The van der Waals surface area contributed by atoms with Gasteiger partial charge < -0.3 is 24.8 Å². The number of benzene rings is 1. The van der Waals surface area contributed by atoms with Crippen molar-refractivity contribution in [3.8, 4) is 0 Å². The molecule has 1 rings (SSSR count). The molecule has 0 aliphatic carbocycles. The molecule has 10 nitrogen and oxygen atoms in total. The number of hydrogen-bond acceptors (Lipinski definition) is 8. The summed E-state index contributed by atoms with van der Waals surface area (Å²) in [4.78, 5) is 57.9. The molecule has 0 spiro atoms. The van der Waals surface area contributed by atoms with E-state index in [1.807, 2.05) is 67.8 Å². The van der Waals surface area contributed by atoms with E-state index < -0.39 is 29.7 Å². The van der Waals surface area contributed by atoms with Crippen molar-refractivity contribution < 1.29 is 38.2 Å². The highest BCUT2D eigenvalue weighted by atomic mass is 127. The van der Waals surface area contributed by atoms with Gasteiger partial charge in [0.2, 0.25) is 11.8 Å². The van der Waals surface area contributed by atoms with Crippen LogP contribution < -0.4 is 10.6 Å². The first-order valence-electron chi connectivity index (χ1n) is 9.13. The molecule has 0 radical (unpaired) electrons. The van der Waals surface area contributed by atoms with E-state index in [1.54, 1.807) is 0 Å². The molecular formula is C19H21I3N2O8. The van der Waals surface area contributed by atoms with Crippen LogP contribution in [-0.4, -0.2) is 42.9 Å². The molecule has 1 aromatic rings. The summed E-state index contributed by atoms with van der Waals surface area (Å²) in [6, 6.07) is 0. The van der Waals surface area contributed by atoms with Gasteiger partial charge in [-0.15, -0.1) is 0 Å². The number of hydrogen-bond donors (Lipinski definition) is 2. The average Bonchev–Trinajstić information content (AvgIpc) is 2.67. The van der Waals surface area contributed by atoms with E-state index >= 15 is 0 Å². The van der Waals surface area contributed by atoms with Gasteiger partial charge in [0.25, 0.3) is 0 Å². The van der Waals surface area contributed by atoms with Crippen molar-refractivity contribution in [2.45, 2.75) is 40.2 Å². The number of halogens is 3. The van der Waals surface area contributed by atoms with Crippen LogP contribution in [0.4, 0.5) is 11.4 Å². The van der Waals surface area contributed by atoms with Crippen molar-refractivity contribution in [3.05, 3.63) is 16.3 Å². The number of esters is 3. The third-order valence-corrected chi connectivity index (χ3v) is 7.09. The second-order valence-electron chi connectivity index (χ2n) is 6.23. The molecule has 0 aliphatic heterocycles. The van der Waals surface area contributed by atoms with Gasteiger partial charge in [0.1, 0.15) is 19.8 Å². The fraction of sp³-hybridized carbons (Fsp3) is 0.421. The third-order valence-electron chi connectivity index (χ3n) is 3.63. The molecule has 176 valence electrons. The summed E-state index contributed by atoms with van der Waals surface area (Å²) in [6.07, 6.45) is -0.109. The predicted molar refractivity (Wildman–Crippen MR) is 140 cm³/mol. The van der Waals surface area contributed by atoms with Crippen LogP contribution in [0.1, 0.15) is 39.2 Å². The number of amides is 2. The Morgan fingerprint density at radius 2 is 1.03 bits per heavy atom. The Morgan fingerprint density at radius 1 is 0.656 bits per heavy atom. The largest absolute Gasteiger partial charge is 0.465 e. The van der Waals surface area contributed by atoms with E-state index in [0.717, 1.165) is 0 Å². The number of carbonyl (C=O) groups excluding carboxylic acids is 5. The molecule has 1 aromatic carbocycles.